The number of hydrogen-bond acceptors (Lipinski definition) is 5. The molecule has 1 aromatic carbocycles. The molecule has 0 aliphatic carbocycles. The van der Waals surface area contributed by atoms with Crippen LogP contribution in [0.1, 0.15) is 38.7 Å². The second-order valence-corrected chi connectivity index (χ2v) is 4.98. The van der Waals surface area contributed by atoms with E-state index in [1.807, 2.05) is 6.07 Å². The predicted octanol–water partition coefficient (Wildman–Crippen LogP) is 2.52. The van der Waals surface area contributed by atoms with Gasteiger partial charge < -0.3 is 4.74 Å². The first-order chi connectivity index (χ1) is 9.90. The lowest BCUT2D eigenvalue weighted by Crippen LogP contribution is -2.45. The van der Waals surface area contributed by atoms with Crippen LogP contribution in [0.15, 0.2) is 30.3 Å². The summed E-state index contributed by atoms with van der Waals surface area (Å²) < 4.78 is 5.03. The number of rotatable bonds is 8. The summed E-state index contributed by atoms with van der Waals surface area (Å²) >= 11 is 0. The number of esters is 1. The van der Waals surface area contributed by atoms with Crippen LogP contribution in [-0.4, -0.2) is 22.2 Å². The van der Waals surface area contributed by atoms with Crippen LogP contribution in [-0.2, 0) is 20.9 Å². The van der Waals surface area contributed by atoms with Crippen molar-refractivity contribution in [1.82, 2.24) is 0 Å². The van der Waals surface area contributed by atoms with Crippen LogP contribution in [0.25, 0.3) is 0 Å². The fraction of sp³-hybridized carbons (Fsp3) is 0.467. The van der Waals surface area contributed by atoms with E-state index >= 15 is 0 Å². The zero-order valence-electron chi connectivity index (χ0n) is 12.2. The molecule has 0 heterocycles. The van der Waals surface area contributed by atoms with Gasteiger partial charge in [0.15, 0.2) is 0 Å². The molecule has 1 rings (SSSR count). The van der Waals surface area contributed by atoms with Gasteiger partial charge >= 0.3 is 11.5 Å². The standard InChI is InChI=1S/C15H19NO5/c1-3-13(17)9-10-15(2,16(19)20)14(18)21-11-12-7-5-4-6-8-12/h4-8H,3,9-11H2,1-2H3/t15-/m0/s1. The highest BCUT2D eigenvalue weighted by atomic mass is 16.6. The van der Waals surface area contributed by atoms with Gasteiger partial charge in [-0.25, -0.2) is 4.79 Å². The highest BCUT2D eigenvalue weighted by molar-refractivity contribution is 5.82. The smallest absolute Gasteiger partial charge is 0.384 e. The van der Waals surface area contributed by atoms with Crippen LogP contribution in [0.2, 0.25) is 0 Å². The number of benzene rings is 1. The minimum Gasteiger partial charge on any atom is -0.456 e. The van der Waals surface area contributed by atoms with Crippen LogP contribution in [0.5, 0.6) is 0 Å². The van der Waals surface area contributed by atoms with E-state index in [0.717, 1.165) is 5.56 Å². The molecule has 1 aromatic rings. The molecular weight excluding hydrogens is 274 g/mol. The van der Waals surface area contributed by atoms with Gasteiger partial charge in [-0.15, -0.1) is 0 Å². The Bertz CT molecular complexity index is 514. The number of hydrogen-bond donors (Lipinski definition) is 0. The van der Waals surface area contributed by atoms with Gasteiger partial charge in [0.05, 0.1) is 0 Å². The van der Waals surface area contributed by atoms with E-state index in [2.05, 4.69) is 0 Å². The van der Waals surface area contributed by atoms with Gasteiger partial charge in [0.2, 0.25) is 0 Å². The van der Waals surface area contributed by atoms with Crippen LogP contribution in [0.4, 0.5) is 0 Å². The summed E-state index contributed by atoms with van der Waals surface area (Å²) in [5.41, 5.74) is -1.14. The number of carbonyl (C=O) groups is 2. The van der Waals surface area contributed by atoms with Gasteiger partial charge in [0.25, 0.3) is 0 Å². The molecule has 0 saturated carbocycles. The first-order valence-electron chi connectivity index (χ1n) is 6.77. The summed E-state index contributed by atoms with van der Waals surface area (Å²) in [5.74, 6) is -1.03. The van der Waals surface area contributed by atoms with Crippen molar-refractivity contribution >= 4 is 11.8 Å². The summed E-state index contributed by atoms with van der Waals surface area (Å²) in [7, 11) is 0. The quantitative estimate of drug-likeness (QED) is 0.417. The molecule has 114 valence electrons. The van der Waals surface area contributed by atoms with Gasteiger partial charge in [-0.05, 0) is 5.56 Å². The molecule has 0 saturated heterocycles. The second kappa shape index (κ2) is 7.52. The van der Waals surface area contributed by atoms with Crippen LogP contribution < -0.4 is 0 Å². The largest absolute Gasteiger partial charge is 0.456 e. The Morgan fingerprint density at radius 1 is 1.29 bits per heavy atom. The molecule has 0 unspecified atom stereocenters. The van der Waals surface area contributed by atoms with E-state index in [1.165, 1.54) is 6.92 Å². The topological polar surface area (TPSA) is 86.5 Å². The van der Waals surface area contributed by atoms with Crippen molar-refractivity contribution in [2.24, 2.45) is 0 Å². The van der Waals surface area contributed by atoms with Crippen LogP contribution in [0.3, 0.4) is 0 Å². The van der Waals surface area contributed by atoms with Crippen molar-refractivity contribution in [1.29, 1.82) is 0 Å². The Balaban J connectivity index is 2.68. The fourth-order valence-electron chi connectivity index (χ4n) is 1.71. The van der Waals surface area contributed by atoms with Crippen LogP contribution in [0, 0.1) is 10.1 Å². The maximum atomic E-state index is 12.0. The summed E-state index contributed by atoms with van der Waals surface area (Å²) in [4.78, 5) is 33.8. The highest BCUT2D eigenvalue weighted by Crippen LogP contribution is 2.20. The van der Waals surface area contributed by atoms with Gasteiger partial charge in [0.1, 0.15) is 12.4 Å². The van der Waals surface area contributed by atoms with Crippen molar-refractivity contribution in [2.45, 2.75) is 45.3 Å². The SMILES string of the molecule is CCC(=O)CC[C@@](C)(C(=O)OCc1ccccc1)[N+](=O)[O-]. The molecule has 6 heteroatoms. The third kappa shape index (κ3) is 4.66. The number of ketones is 1. The van der Waals surface area contributed by atoms with E-state index in [-0.39, 0.29) is 25.2 Å². The van der Waals surface area contributed by atoms with E-state index < -0.39 is 16.4 Å². The first-order valence-corrected chi connectivity index (χ1v) is 6.77. The van der Waals surface area contributed by atoms with E-state index in [0.29, 0.717) is 6.42 Å². The first kappa shape index (κ1) is 16.8. The van der Waals surface area contributed by atoms with Crippen LogP contribution >= 0.6 is 0 Å². The van der Waals surface area contributed by atoms with Crippen molar-refractivity contribution < 1.29 is 19.2 Å². The third-order valence-electron chi connectivity index (χ3n) is 3.34. The third-order valence-corrected chi connectivity index (χ3v) is 3.34. The molecule has 0 aliphatic heterocycles. The second-order valence-electron chi connectivity index (χ2n) is 4.98. The zero-order valence-corrected chi connectivity index (χ0v) is 12.2. The van der Waals surface area contributed by atoms with Gasteiger partial charge in [-0.1, -0.05) is 37.3 Å². The van der Waals surface area contributed by atoms with E-state index in [9.17, 15) is 19.7 Å². The Kier molecular flexibility index (Phi) is 6.02. The summed E-state index contributed by atoms with van der Waals surface area (Å²) in [6.07, 6.45) is 0.140. The van der Waals surface area contributed by atoms with Crippen molar-refractivity contribution in [2.75, 3.05) is 0 Å². The van der Waals surface area contributed by atoms with Gasteiger partial charge in [-0.3, -0.25) is 14.9 Å². The number of ether oxygens (including phenoxy) is 1. The molecule has 21 heavy (non-hydrogen) atoms. The van der Waals surface area contributed by atoms with E-state index in [1.54, 1.807) is 31.2 Å². The lowest BCUT2D eigenvalue weighted by Gasteiger charge is -2.18. The van der Waals surface area contributed by atoms with Crippen molar-refractivity contribution in [3.8, 4) is 0 Å². The normalized spacial score (nSPS) is 13.2. The minimum absolute atomic E-state index is 0.00554. The average Bonchev–Trinajstić information content (AvgIpc) is 2.50. The summed E-state index contributed by atoms with van der Waals surface area (Å²) in [6.45, 7) is 2.85. The highest BCUT2D eigenvalue weighted by Gasteiger charge is 2.47. The number of Topliss-reactive ketones (excluding diaryl/α,β-unsaturated/α-hetero) is 1. The monoisotopic (exact) mass is 293 g/mol. The average molecular weight is 293 g/mol. The Labute approximate surface area is 123 Å². The maximum Gasteiger partial charge on any atom is 0.384 e. The molecule has 6 nitrogen and oxygen atoms in total. The molecule has 0 aliphatic rings. The maximum absolute atomic E-state index is 12.0. The zero-order chi connectivity index (χ0) is 15.9. The summed E-state index contributed by atoms with van der Waals surface area (Å²) in [6, 6.07) is 8.92. The Morgan fingerprint density at radius 2 is 1.90 bits per heavy atom. The molecule has 1 atom stereocenters. The molecule has 0 N–H and O–H groups in total. The molecule has 0 aromatic heterocycles. The Morgan fingerprint density at radius 3 is 2.43 bits per heavy atom. The van der Waals surface area contributed by atoms with Crippen molar-refractivity contribution in [3.63, 3.8) is 0 Å². The minimum atomic E-state index is -1.89. The number of carbonyl (C=O) groups excluding carboxylic acids is 2. The van der Waals surface area contributed by atoms with Crippen molar-refractivity contribution in [3.05, 3.63) is 46.0 Å². The fourth-order valence-corrected chi connectivity index (χ4v) is 1.71. The number of nitro groups is 1. The molecular formula is C15H19NO5. The predicted molar refractivity (Wildman–Crippen MR) is 76.2 cm³/mol. The molecule has 0 spiro atoms. The van der Waals surface area contributed by atoms with Gasteiger partial charge in [0, 0.05) is 31.1 Å². The van der Waals surface area contributed by atoms with Gasteiger partial charge in [-0.2, -0.15) is 0 Å². The molecule has 0 fully saturated rings. The molecule has 0 radical (unpaired) electrons. The Hall–Kier alpha value is -2.24. The molecule has 0 amide bonds. The lowest BCUT2D eigenvalue weighted by atomic mass is 9.95. The number of nitrogens with zero attached hydrogens (tertiary/aromatic N) is 1. The van der Waals surface area contributed by atoms with E-state index in [4.69, 9.17) is 4.74 Å². The lowest BCUT2D eigenvalue weighted by molar-refractivity contribution is -0.551. The molecule has 0 bridgehead atoms. The summed E-state index contributed by atoms with van der Waals surface area (Å²) in [5, 5.41) is 11.2.